The van der Waals surface area contributed by atoms with E-state index in [0.29, 0.717) is 39.6 Å². The van der Waals surface area contributed by atoms with Gasteiger partial charge in [-0.15, -0.1) is 11.3 Å². The average molecular weight is 448 g/mol. The van der Waals surface area contributed by atoms with Gasteiger partial charge in [0.05, 0.1) is 5.39 Å². The summed E-state index contributed by atoms with van der Waals surface area (Å²) in [6.45, 7) is 5.83. The van der Waals surface area contributed by atoms with Crippen LogP contribution in [0.3, 0.4) is 0 Å². The Labute approximate surface area is 182 Å². The summed E-state index contributed by atoms with van der Waals surface area (Å²) in [4.78, 5) is 45.3. The number of aromatic amines is 1. The molecule has 1 amide bonds. The number of aryl methyl sites for hydroxylation is 2. The number of halogens is 1. The molecule has 2 N–H and O–H groups in total. The third kappa shape index (κ3) is 5.06. The predicted molar refractivity (Wildman–Crippen MR) is 117 cm³/mol. The molecule has 0 radical (unpaired) electrons. The number of hydrogen-bond acceptors (Lipinski definition) is 6. The Morgan fingerprint density at radius 1 is 1.27 bits per heavy atom. The number of H-pyrrole nitrogens is 1. The van der Waals surface area contributed by atoms with Crippen LogP contribution in [0.2, 0.25) is 5.02 Å². The quantitative estimate of drug-likeness (QED) is 0.420. The van der Waals surface area contributed by atoms with Crippen molar-refractivity contribution in [2.75, 3.05) is 6.54 Å². The number of benzene rings is 1. The molecule has 2 aromatic heterocycles. The highest BCUT2D eigenvalue weighted by atomic mass is 35.5. The van der Waals surface area contributed by atoms with Gasteiger partial charge in [-0.2, -0.15) is 0 Å². The van der Waals surface area contributed by atoms with Crippen molar-refractivity contribution in [3.8, 4) is 0 Å². The van der Waals surface area contributed by atoms with E-state index in [2.05, 4.69) is 15.3 Å². The Morgan fingerprint density at radius 3 is 2.67 bits per heavy atom. The van der Waals surface area contributed by atoms with E-state index in [0.717, 1.165) is 10.4 Å². The number of rotatable bonds is 7. The number of thiophene rings is 1. The number of carbonyl (C=O) groups excluding carboxylic acids is 2. The van der Waals surface area contributed by atoms with Gasteiger partial charge in [0.25, 0.3) is 11.5 Å². The van der Waals surface area contributed by atoms with Crippen molar-refractivity contribution < 1.29 is 14.3 Å². The van der Waals surface area contributed by atoms with Crippen LogP contribution in [0.1, 0.15) is 52.5 Å². The summed E-state index contributed by atoms with van der Waals surface area (Å²) < 4.78 is 5.39. The van der Waals surface area contributed by atoms with Crippen molar-refractivity contribution in [1.29, 1.82) is 0 Å². The number of aromatic nitrogens is 2. The minimum absolute atomic E-state index is 0.134. The zero-order valence-corrected chi connectivity index (χ0v) is 18.4. The summed E-state index contributed by atoms with van der Waals surface area (Å²) in [6, 6.07) is 6.55. The van der Waals surface area contributed by atoms with Gasteiger partial charge in [0, 0.05) is 28.4 Å². The molecule has 9 heteroatoms. The first kappa shape index (κ1) is 22.0. The lowest BCUT2D eigenvalue weighted by molar-refractivity contribution is -0.149. The summed E-state index contributed by atoms with van der Waals surface area (Å²) >= 11 is 7.25. The predicted octanol–water partition coefficient (Wildman–Crippen LogP) is 4.07. The van der Waals surface area contributed by atoms with E-state index in [1.165, 1.54) is 11.3 Å². The van der Waals surface area contributed by atoms with E-state index >= 15 is 0 Å². The van der Waals surface area contributed by atoms with Crippen molar-refractivity contribution in [2.45, 2.75) is 39.7 Å². The van der Waals surface area contributed by atoms with Gasteiger partial charge < -0.3 is 15.0 Å². The van der Waals surface area contributed by atoms with Gasteiger partial charge in [-0.1, -0.05) is 11.6 Å². The second-order valence-corrected chi connectivity index (χ2v) is 8.55. The van der Waals surface area contributed by atoms with Crippen LogP contribution in [0.5, 0.6) is 0 Å². The number of nitrogens with zero attached hydrogens (tertiary/aromatic N) is 1. The minimum Gasteiger partial charge on any atom is -0.454 e. The topological polar surface area (TPSA) is 101 Å². The lowest BCUT2D eigenvalue weighted by Gasteiger charge is -2.12. The van der Waals surface area contributed by atoms with Crippen LogP contribution < -0.4 is 10.9 Å². The number of ether oxygens (including phenoxy) is 1. The maximum absolute atomic E-state index is 12.4. The number of amides is 1. The minimum atomic E-state index is -0.680. The van der Waals surface area contributed by atoms with E-state index < -0.39 is 12.1 Å². The van der Waals surface area contributed by atoms with Gasteiger partial charge in [0.2, 0.25) is 0 Å². The van der Waals surface area contributed by atoms with Crippen LogP contribution in [0, 0.1) is 13.8 Å². The van der Waals surface area contributed by atoms with Gasteiger partial charge in [0.15, 0.2) is 11.9 Å². The summed E-state index contributed by atoms with van der Waals surface area (Å²) in [5.41, 5.74) is 1.19. The van der Waals surface area contributed by atoms with E-state index in [-0.39, 0.29) is 17.9 Å². The highest BCUT2D eigenvalue weighted by Gasteiger charge is 2.18. The zero-order chi connectivity index (χ0) is 21.8. The Morgan fingerprint density at radius 2 is 1.97 bits per heavy atom. The monoisotopic (exact) mass is 447 g/mol. The van der Waals surface area contributed by atoms with Crippen LogP contribution in [-0.2, 0) is 9.53 Å². The van der Waals surface area contributed by atoms with Crippen LogP contribution in [0.25, 0.3) is 10.2 Å². The zero-order valence-electron chi connectivity index (χ0n) is 16.9. The molecule has 1 atom stereocenters. The summed E-state index contributed by atoms with van der Waals surface area (Å²) in [7, 11) is 0. The lowest BCUT2D eigenvalue weighted by Crippen LogP contribution is -2.25. The fourth-order valence-electron chi connectivity index (χ4n) is 2.91. The molecule has 0 bridgehead atoms. The summed E-state index contributed by atoms with van der Waals surface area (Å²) in [6.07, 6.45) is -0.118. The average Bonchev–Trinajstić information content (AvgIpc) is 2.99. The van der Waals surface area contributed by atoms with Crippen LogP contribution >= 0.6 is 22.9 Å². The first-order valence-electron chi connectivity index (χ1n) is 9.49. The number of nitrogens with one attached hydrogen (secondary N) is 2. The molecule has 0 aliphatic rings. The number of fused-ring (bicyclic) bond motifs is 1. The molecule has 0 spiro atoms. The molecule has 1 unspecified atom stereocenters. The smallest absolute Gasteiger partial charge is 0.306 e. The Bertz CT molecular complexity index is 1140. The SMILES string of the molecule is Cc1sc2nc(C(C)OC(=O)CCCNC(=O)c3ccc(Cl)cc3)[nH]c(=O)c2c1C. The van der Waals surface area contributed by atoms with Gasteiger partial charge in [-0.05, 0) is 57.0 Å². The van der Waals surface area contributed by atoms with E-state index in [9.17, 15) is 14.4 Å². The van der Waals surface area contributed by atoms with Crippen molar-refractivity contribution >= 4 is 45.0 Å². The Hall–Kier alpha value is -2.71. The maximum Gasteiger partial charge on any atom is 0.306 e. The second-order valence-electron chi connectivity index (χ2n) is 6.91. The molecule has 0 saturated heterocycles. The van der Waals surface area contributed by atoms with Gasteiger partial charge in [-0.3, -0.25) is 14.4 Å². The van der Waals surface area contributed by atoms with Gasteiger partial charge in [0.1, 0.15) is 4.83 Å². The normalized spacial score (nSPS) is 12.0. The number of carbonyl (C=O) groups is 2. The standard InChI is InChI=1S/C21H22ClN3O4S/c1-11-13(3)30-21-17(11)20(28)24-18(25-21)12(2)29-16(26)5-4-10-23-19(27)14-6-8-15(22)9-7-14/h6-9,12H,4-5,10H2,1-3H3,(H,23,27)(H,24,25,28). The van der Waals surface area contributed by atoms with Crippen LogP contribution in [0.4, 0.5) is 0 Å². The molecule has 2 heterocycles. The lowest BCUT2D eigenvalue weighted by atomic mass is 10.2. The third-order valence-corrected chi connectivity index (χ3v) is 6.05. The molecule has 0 fully saturated rings. The molecular formula is C21H22ClN3O4S. The third-order valence-electron chi connectivity index (χ3n) is 4.70. The van der Waals surface area contributed by atoms with Crippen LogP contribution in [0.15, 0.2) is 29.1 Å². The first-order valence-corrected chi connectivity index (χ1v) is 10.7. The molecule has 3 aromatic rings. The summed E-state index contributed by atoms with van der Waals surface area (Å²) in [5.74, 6) is -0.340. The van der Waals surface area contributed by atoms with E-state index in [1.807, 2.05) is 13.8 Å². The van der Waals surface area contributed by atoms with Crippen molar-refractivity contribution in [2.24, 2.45) is 0 Å². The molecule has 0 aliphatic carbocycles. The number of esters is 1. The number of hydrogen-bond donors (Lipinski definition) is 2. The molecule has 0 saturated carbocycles. The Balaban J connectivity index is 1.50. The Kier molecular flexibility index (Phi) is 6.89. The van der Waals surface area contributed by atoms with Crippen LogP contribution in [-0.4, -0.2) is 28.4 Å². The largest absolute Gasteiger partial charge is 0.454 e. The van der Waals surface area contributed by atoms with Gasteiger partial charge in [-0.25, -0.2) is 4.98 Å². The fraction of sp³-hybridized carbons (Fsp3) is 0.333. The maximum atomic E-state index is 12.4. The van der Waals surface area contributed by atoms with Crippen molar-refractivity contribution in [3.63, 3.8) is 0 Å². The highest BCUT2D eigenvalue weighted by molar-refractivity contribution is 7.18. The van der Waals surface area contributed by atoms with Crippen molar-refractivity contribution in [3.05, 3.63) is 61.5 Å². The fourth-order valence-corrected chi connectivity index (χ4v) is 4.08. The van der Waals surface area contributed by atoms with Crippen molar-refractivity contribution in [1.82, 2.24) is 15.3 Å². The molecule has 158 valence electrons. The van der Waals surface area contributed by atoms with Gasteiger partial charge >= 0.3 is 5.97 Å². The highest BCUT2D eigenvalue weighted by Crippen LogP contribution is 2.27. The molecule has 3 rings (SSSR count). The summed E-state index contributed by atoms with van der Waals surface area (Å²) in [5, 5.41) is 3.88. The molecule has 30 heavy (non-hydrogen) atoms. The van der Waals surface area contributed by atoms with E-state index in [4.69, 9.17) is 16.3 Å². The molecule has 7 nitrogen and oxygen atoms in total. The van der Waals surface area contributed by atoms with E-state index in [1.54, 1.807) is 31.2 Å². The first-order chi connectivity index (χ1) is 14.3. The second kappa shape index (κ2) is 9.40. The molecule has 1 aromatic carbocycles. The molecule has 0 aliphatic heterocycles. The molecular weight excluding hydrogens is 426 g/mol.